The summed E-state index contributed by atoms with van der Waals surface area (Å²) in [4.78, 5) is -0.952. The molecule has 1 heterocycles. The lowest BCUT2D eigenvalue weighted by molar-refractivity contribution is 0.400. The first-order valence-electron chi connectivity index (χ1n) is 7.34. The molecule has 0 saturated carbocycles. The summed E-state index contributed by atoms with van der Waals surface area (Å²) in [5.41, 5.74) is 0.836. The Labute approximate surface area is 147 Å². The maximum Gasteiger partial charge on any atom is 0.241 e. The average molecular weight is 382 g/mol. The van der Waals surface area contributed by atoms with Crippen LogP contribution in [0.5, 0.6) is 0 Å². The molecule has 0 spiro atoms. The normalized spacial score (nSPS) is 11.8. The van der Waals surface area contributed by atoms with Crippen LogP contribution in [0.1, 0.15) is 11.3 Å². The Balaban J connectivity index is 2.24. The van der Waals surface area contributed by atoms with Gasteiger partial charge in [0.2, 0.25) is 10.0 Å². The molecule has 9 heteroatoms. The predicted molar refractivity (Wildman–Crippen MR) is 88.1 cm³/mol. The van der Waals surface area contributed by atoms with Gasteiger partial charge in [-0.3, -0.25) is 0 Å². The number of nitrogens with zero attached hydrogens (tertiary/aromatic N) is 1. The van der Waals surface area contributed by atoms with Gasteiger partial charge < -0.3 is 4.52 Å². The van der Waals surface area contributed by atoms with Gasteiger partial charge in [-0.05, 0) is 49.7 Å². The number of primary sulfonamides is 1. The average Bonchev–Trinajstić information content (AvgIpc) is 2.92. The molecule has 3 aromatic rings. The Morgan fingerprint density at radius 1 is 1.00 bits per heavy atom. The minimum Gasteiger partial charge on any atom is -0.360 e. The number of halogens is 3. The van der Waals surface area contributed by atoms with Crippen molar-refractivity contribution in [2.75, 3.05) is 0 Å². The molecule has 0 amide bonds. The third-order valence-electron chi connectivity index (χ3n) is 3.89. The zero-order valence-electron chi connectivity index (χ0n) is 13.7. The second-order valence-electron chi connectivity index (χ2n) is 5.73. The molecule has 0 aliphatic heterocycles. The highest BCUT2D eigenvalue weighted by Crippen LogP contribution is 2.37. The molecule has 136 valence electrons. The van der Waals surface area contributed by atoms with Crippen molar-refractivity contribution < 1.29 is 26.1 Å². The molecule has 0 radical (unpaired) electrons. The molecule has 2 N–H and O–H groups in total. The number of nitrogens with two attached hydrogens (primary N) is 1. The maximum absolute atomic E-state index is 14.5. The Morgan fingerprint density at radius 3 is 2.31 bits per heavy atom. The van der Waals surface area contributed by atoms with Crippen LogP contribution in [0.25, 0.3) is 22.4 Å². The highest BCUT2D eigenvalue weighted by atomic mass is 32.2. The number of aromatic nitrogens is 1. The van der Waals surface area contributed by atoms with E-state index in [9.17, 15) is 21.6 Å². The standard InChI is InChI=1S/C17H13F3N2O3S/c1-8-5-10(3-4-12(8)18)17-16(9(2)25-22-17)11-6-14(20)15(7-13(11)19)26(21,23)24/h3-7H,1-2H3,(H2,21,23,24). The number of rotatable bonds is 3. The lowest BCUT2D eigenvalue weighted by Gasteiger charge is -2.08. The van der Waals surface area contributed by atoms with Crippen LogP contribution in [0.15, 0.2) is 39.8 Å². The number of hydrogen-bond donors (Lipinski definition) is 1. The first-order valence-corrected chi connectivity index (χ1v) is 8.89. The SMILES string of the molecule is Cc1cc(-c2noc(C)c2-c2cc(F)c(S(N)(=O)=O)cc2F)ccc1F. The van der Waals surface area contributed by atoms with Gasteiger partial charge in [-0.1, -0.05) is 5.16 Å². The summed E-state index contributed by atoms with van der Waals surface area (Å²) in [5.74, 6) is -2.46. The van der Waals surface area contributed by atoms with Gasteiger partial charge in [0.15, 0.2) is 0 Å². The fourth-order valence-corrected chi connectivity index (χ4v) is 3.22. The topological polar surface area (TPSA) is 86.2 Å². The van der Waals surface area contributed by atoms with Crippen molar-refractivity contribution in [2.45, 2.75) is 18.7 Å². The summed E-state index contributed by atoms with van der Waals surface area (Å²) in [7, 11) is -4.42. The Morgan fingerprint density at radius 2 is 1.69 bits per heavy atom. The van der Waals surface area contributed by atoms with E-state index in [-0.39, 0.29) is 22.6 Å². The van der Waals surface area contributed by atoms with E-state index in [1.54, 1.807) is 6.92 Å². The van der Waals surface area contributed by atoms with Gasteiger partial charge >= 0.3 is 0 Å². The van der Waals surface area contributed by atoms with Crippen LogP contribution in [0.2, 0.25) is 0 Å². The van der Waals surface area contributed by atoms with Gasteiger partial charge in [0, 0.05) is 11.1 Å². The number of sulfonamides is 1. The van der Waals surface area contributed by atoms with Gasteiger partial charge in [-0.25, -0.2) is 26.7 Å². The molecule has 0 aliphatic carbocycles. The quantitative estimate of drug-likeness (QED) is 0.749. The fourth-order valence-electron chi connectivity index (χ4n) is 2.62. The van der Waals surface area contributed by atoms with Crippen molar-refractivity contribution in [3.05, 3.63) is 59.1 Å². The molecule has 5 nitrogen and oxygen atoms in total. The smallest absolute Gasteiger partial charge is 0.241 e. The van der Waals surface area contributed by atoms with Crippen molar-refractivity contribution in [1.82, 2.24) is 5.16 Å². The number of hydrogen-bond acceptors (Lipinski definition) is 4. The Kier molecular flexibility index (Phi) is 4.37. The van der Waals surface area contributed by atoms with Crippen LogP contribution in [-0.2, 0) is 10.0 Å². The summed E-state index contributed by atoms with van der Waals surface area (Å²) in [6.07, 6.45) is 0. The van der Waals surface area contributed by atoms with Crippen molar-refractivity contribution in [3.8, 4) is 22.4 Å². The summed E-state index contributed by atoms with van der Waals surface area (Å²) in [6, 6.07) is 5.36. The van der Waals surface area contributed by atoms with Gasteiger partial charge in [0.05, 0.1) is 5.56 Å². The third-order valence-corrected chi connectivity index (χ3v) is 4.82. The van der Waals surface area contributed by atoms with Crippen LogP contribution in [0.4, 0.5) is 13.2 Å². The van der Waals surface area contributed by atoms with Gasteiger partial charge in [0.1, 0.15) is 33.8 Å². The van der Waals surface area contributed by atoms with Crippen molar-refractivity contribution in [2.24, 2.45) is 5.14 Å². The number of aryl methyl sites for hydroxylation is 2. The molecule has 0 unspecified atom stereocenters. The van der Waals surface area contributed by atoms with E-state index in [0.29, 0.717) is 23.3 Å². The first-order chi connectivity index (χ1) is 12.1. The summed E-state index contributed by atoms with van der Waals surface area (Å²) in [6.45, 7) is 3.04. The summed E-state index contributed by atoms with van der Waals surface area (Å²) < 4.78 is 70.0. The monoisotopic (exact) mass is 382 g/mol. The van der Waals surface area contributed by atoms with Gasteiger partial charge in [0.25, 0.3) is 0 Å². The Hall–Kier alpha value is -2.65. The highest BCUT2D eigenvalue weighted by molar-refractivity contribution is 7.89. The summed E-state index contributed by atoms with van der Waals surface area (Å²) in [5, 5.41) is 8.72. The fraction of sp³-hybridized carbons (Fsp3) is 0.118. The molecule has 26 heavy (non-hydrogen) atoms. The van der Waals surface area contributed by atoms with E-state index >= 15 is 0 Å². The zero-order chi connectivity index (χ0) is 19.2. The maximum atomic E-state index is 14.5. The van der Waals surface area contributed by atoms with Crippen LogP contribution in [0.3, 0.4) is 0 Å². The predicted octanol–water partition coefficient (Wildman–Crippen LogP) is 3.69. The van der Waals surface area contributed by atoms with Crippen molar-refractivity contribution in [3.63, 3.8) is 0 Å². The van der Waals surface area contributed by atoms with Crippen LogP contribution >= 0.6 is 0 Å². The Bertz CT molecular complexity index is 1120. The van der Waals surface area contributed by atoms with Crippen molar-refractivity contribution >= 4 is 10.0 Å². The molecule has 0 saturated heterocycles. The first kappa shape index (κ1) is 18.2. The molecule has 0 bridgehead atoms. The van der Waals surface area contributed by atoms with Gasteiger partial charge in [-0.2, -0.15) is 0 Å². The minimum atomic E-state index is -4.42. The lowest BCUT2D eigenvalue weighted by atomic mass is 9.98. The van der Waals surface area contributed by atoms with E-state index in [2.05, 4.69) is 5.16 Å². The van der Waals surface area contributed by atoms with E-state index in [4.69, 9.17) is 9.66 Å². The molecule has 2 aromatic carbocycles. The molecule has 3 rings (SSSR count). The van der Waals surface area contributed by atoms with Crippen LogP contribution in [-0.4, -0.2) is 13.6 Å². The number of benzene rings is 2. The highest BCUT2D eigenvalue weighted by Gasteiger charge is 2.24. The van der Waals surface area contributed by atoms with E-state index in [1.807, 2.05) is 0 Å². The summed E-state index contributed by atoms with van der Waals surface area (Å²) >= 11 is 0. The van der Waals surface area contributed by atoms with E-state index in [0.717, 1.165) is 0 Å². The molecule has 1 aromatic heterocycles. The van der Waals surface area contributed by atoms with E-state index < -0.39 is 32.4 Å². The second kappa shape index (κ2) is 6.26. The zero-order valence-corrected chi connectivity index (χ0v) is 14.5. The van der Waals surface area contributed by atoms with Crippen molar-refractivity contribution in [1.29, 1.82) is 0 Å². The van der Waals surface area contributed by atoms with Gasteiger partial charge in [-0.15, -0.1) is 0 Å². The lowest BCUT2D eigenvalue weighted by Crippen LogP contribution is -2.14. The molecular formula is C17H13F3N2O3S. The van der Waals surface area contributed by atoms with E-state index in [1.165, 1.54) is 25.1 Å². The molecule has 0 aliphatic rings. The largest absolute Gasteiger partial charge is 0.360 e. The van der Waals surface area contributed by atoms with Crippen LogP contribution < -0.4 is 5.14 Å². The molecule has 0 atom stereocenters. The molecule has 0 fully saturated rings. The second-order valence-corrected chi connectivity index (χ2v) is 7.26. The molecular weight excluding hydrogens is 369 g/mol. The minimum absolute atomic E-state index is 0.133. The third kappa shape index (κ3) is 3.11. The van der Waals surface area contributed by atoms with Crippen LogP contribution in [0, 0.1) is 31.3 Å².